The zero-order valence-electron chi connectivity index (χ0n) is 67.2. The number of aliphatic hydroxyl groups is 3. The molecule has 11 aromatic rings. The lowest BCUT2D eigenvalue weighted by Gasteiger charge is -2.32. The first-order valence-corrected chi connectivity index (χ1v) is 40.5. The first-order valence-electron chi connectivity index (χ1n) is 39.0. The molecule has 0 amide bonds. The number of rotatable bonds is 14. The SMILES string of the molecule is CC(C)(O)Cn1cc(-c2ccc(-c3cnn4ccnc(C5CCC(C#N)CC5)c34)cc2)cn1.CC(C)(O)Cn1cc(-c2ccc(Br)nc2)cn1.CC(C)(O)Cn1cc(B2OC(C)(C)C(C)(C)O2)cn1.CC1(C)OB(c2cnn3ccnc(C4CCC(C#N)CC4)c23)OC1(C)C.N#CC1CCC(c2nccn3ncc(Br)c23)CC1. The van der Waals surface area contributed by atoms with Gasteiger partial charge in [0.05, 0.1) is 134 Å². The predicted molar refractivity (Wildman–Crippen MR) is 440 cm³/mol. The van der Waals surface area contributed by atoms with Gasteiger partial charge in [0, 0.05) is 143 Å². The molecule has 113 heavy (non-hydrogen) atoms. The van der Waals surface area contributed by atoms with Gasteiger partial charge < -0.3 is 33.9 Å². The van der Waals surface area contributed by atoms with Gasteiger partial charge in [-0.15, -0.1) is 0 Å². The lowest BCUT2D eigenvalue weighted by Crippen LogP contribution is -2.41. The van der Waals surface area contributed by atoms with Crippen LogP contribution in [0.15, 0.2) is 145 Å². The van der Waals surface area contributed by atoms with E-state index in [0.717, 1.165) is 164 Å². The summed E-state index contributed by atoms with van der Waals surface area (Å²) in [7, 11) is -0.851. The normalized spacial score (nSPS) is 21.2. The predicted octanol–water partition coefficient (Wildman–Crippen LogP) is 14.4. The second kappa shape index (κ2) is 34.3. The Labute approximate surface area is 678 Å². The second-order valence-electron chi connectivity index (χ2n) is 34.4. The summed E-state index contributed by atoms with van der Waals surface area (Å²) in [6.07, 6.45) is 41.2. The molecule has 1 aromatic carbocycles. The highest BCUT2D eigenvalue weighted by molar-refractivity contribution is 9.10. The van der Waals surface area contributed by atoms with Crippen LogP contribution in [0.25, 0.3) is 49.9 Å². The standard InChI is InChI=1S/C26H28N6O.C19H25BN4O2.C13H23BN2O3.C13H13BrN4.C12H14BrN3O/c1-26(2,33)17-31-16-22(14-29-31)19-7-9-20(10-8-19)23-15-30-32-12-11-28-24(25(23)32)21-5-3-18(13-27)4-6-21;1-18(2)19(3,4)26-20(25-18)15-12-23-24-10-9-22-16(17(15)24)14-7-5-13(11-21)6-8-14;1-11(2,17)9-16-8-10(7-15-16)14-18-12(3,4)13(5,6)19-14;14-11-8-17-18-6-5-16-12(13(11)18)10-3-1-9(7-15)2-4-10;1-12(2,17)8-16-7-10(6-15-16)9-3-4-11(13)14-5-9/h7-12,14-16,18,21,33H,3-6,17H2,1-2H3;9-10,12-14H,5-8H2,1-4H3;7-8,17H,9H2,1-6H3;5-6,8-10H,1-4H2;3-7,17H,8H2,1-2H3. The van der Waals surface area contributed by atoms with Crippen molar-refractivity contribution in [3.8, 4) is 51.6 Å². The number of hydrogen-bond donors (Lipinski definition) is 3. The van der Waals surface area contributed by atoms with E-state index in [1.165, 1.54) is 0 Å². The summed E-state index contributed by atoms with van der Waals surface area (Å²) in [5.74, 6) is 1.74. The van der Waals surface area contributed by atoms with Gasteiger partial charge in [0.15, 0.2) is 0 Å². The highest BCUT2D eigenvalue weighted by atomic mass is 79.9. The third-order valence-corrected chi connectivity index (χ3v) is 23.5. The minimum absolute atomic E-state index is 0.172. The lowest BCUT2D eigenvalue weighted by atomic mass is 9.76. The third-order valence-electron chi connectivity index (χ3n) is 22.4. The van der Waals surface area contributed by atoms with Crippen molar-refractivity contribution >= 4 is 73.6 Å². The Morgan fingerprint density at radius 3 is 1.23 bits per heavy atom. The Morgan fingerprint density at radius 1 is 0.416 bits per heavy atom. The zero-order valence-corrected chi connectivity index (χ0v) is 70.3. The molecule has 0 radical (unpaired) electrons. The van der Waals surface area contributed by atoms with E-state index in [-0.39, 0.29) is 40.2 Å². The summed E-state index contributed by atoms with van der Waals surface area (Å²) in [5, 5.41) is 83.1. The van der Waals surface area contributed by atoms with Gasteiger partial charge >= 0.3 is 14.2 Å². The molecule has 2 saturated heterocycles. The number of pyridine rings is 1. The Morgan fingerprint density at radius 2 is 0.788 bits per heavy atom. The maximum absolute atomic E-state index is 10.0. The van der Waals surface area contributed by atoms with E-state index in [1.54, 1.807) is 92.8 Å². The molecule has 5 fully saturated rings. The van der Waals surface area contributed by atoms with E-state index in [2.05, 4.69) is 143 Å². The minimum atomic E-state index is -0.809. The molecular formula is C83H103B2Br2N19O7. The van der Waals surface area contributed by atoms with Crippen molar-refractivity contribution in [1.29, 1.82) is 15.8 Å². The van der Waals surface area contributed by atoms with E-state index in [1.807, 2.05) is 115 Å². The fourth-order valence-corrected chi connectivity index (χ4v) is 15.7. The van der Waals surface area contributed by atoms with Crippen LogP contribution in [0.2, 0.25) is 0 Å². The van der Waals surface area contributed by atoms with Crippen molar-refractivity contribution in [2.24, 2.45) is 17.8 Å². The average molecular weight is 1660 g/mol. The maximum atomic E-state index is 10.0. The van der Waals surface area contributed by atoms with Crippen molar-refractivity contribution in [3.63, 3.8) is 0 Å². The molecule has 0 atom stereocenters. The highest BCUT2D eigenvalue weighted by Gasteiger charge is 2.54. The summed E-state index contributed by atoms with van der Waals surface area (Å²) < 4.78 is 37.1. The highest BCUT2D eigenvalue weighted by Crippen LogP contribution is 2.43. The van der Waals surface area contributed by atoms with Crippen LogP contribution in [0.5, 0.6) is 0 Å². The molecule has 3 aliphatic carbocycles. The monoisotopic (exact) mass is 1660 g/mol. The summed E-state index contributed by atoms with van der Waals surface area (Å²) in [4.78, 5) is 18.2. The van der Waals surface area contributed by atoms with Crippen LogP contribution < -0.4 is 10.9 Å². The van der Waals surface area contributed by atoms with Gasteiger partial charge in [-0.3, -0.25) is 29.0 Å². The quantitative estimate of drug-likeness (QED) is 0.0672. The first kappa shape index (κ1) is 83.6. The molecule has 5 aliphatic rings. The van der Waals surface area contributed by atoms with Crippen LogP contribution in [0.3, 0.4) is 0 Å². The number of aromatic nitrogens is 16. The van der Waals surface area contributed by atoms with Crippen LogP contribution in [0.4, 0.5) is 0 Å². The molecule has 12 heterocycles. The molecular weight excluding hydrogens is 1560 g/mol. The molecule has 0 unspecified atom stereocenters. The third kappa shape index (κ3) is 20.3. The van der Waals surface area contributed by atoms with E-state index in [9.17, 15) is 20.6 Å². The molecule has 30 heteroatoms. The van der Waals surface area contributed by atoms with E-state index >= 15 is 0 Å². The topological polar surface area (TPSA) is 326 Å². The number of nitrogens with zero attached hydrogens (tertiary/aromatic N) is 19. The molecule has 592 valence electrons. The molecule has 3 saturated carbocycles. The summed E-state index contributed by atoms with van der Waals surface area (Å²) in [6.45, 7) is 28.2. The van der Waals surface area contributed by atoms with Gasteiger partial charge in [-0.2, -0.15) is 46.4 Å². The van der Waals surface area contributed by atoms with Crippen molar-refractivity contribution in [2.75, 3.05) is 0 Å². The Bertz CT molecular complexity index is 5150. The molecule has 0 spiro atoms. The summed E-state index contributed by atoms with van der Waals surface area (Å²) >= 11 is 6.83. The van der Waals surface area contributed by atoms with Crippen molar-refractivity contribution in [3.05, 3.63) is 162 Å². The zero-order chi connectivity index (χ0) is 81.0. The van der Waals surface area contributed by atoms with Crippen molar-refractivity contribution < 1.29 is 33.9 Å². The van der Waals surface area contributed by atoms with Gasteiger partial charge in [-0.25, -0.2) is 18.5 Å². The van der Waals surface area contributed by atoms with Crippen LogP contribution in [0.1, 0.15) is 209 Å². The number of benzene rings is 1. The van der Waals surface area contributed by atoms with E-state index in [0.29, 0.717) is 37.4 Å². The summed E-state index contributed by atoms with van der Waals surface area (Å²) in [5.41, 5.74) is 10.6. The van der Waals surface area contributed by atoms with E-state index in [4.69, 9.17) is 39.1 Å². The van der Waals surface area contributed by atoms with E-state index < -0.39 is 31.0 Å². The van der Waals surface area contributed by atoms with Crippen LogP contribution in [0, 0.1) is 51.7 Å². The van der Waals surface area contributed by atoms with Gasteiger partial charge in [0.25, 0.3) is 0 Å². The van der Waals surface area contributed by atoms with Gasteiger partial charge in [0.2, 0.25) is 0 Å². The molecule has 3 N–H and O–H groups in total. The molecule has 10 aromatic heterocycles. The Balaban J connectivity index is 0.000000134. The molecule has 16 rings (SSSR count). The summed E-state index contributed by atoms with van der Waals surface area (Å²) in [6, 6.07) is 19.5. The van der Waals surface area contributed by atoms with Crippen molar-refractivity contribution in [2.45, 2.75) is 251 Å². The molecule has 2 aliphatic heterocycles. The van der Waals surface area contributed by atoms with Gasteiger partial charge in [-0.1, -0.05) is 30.3 Å². The first-order chi connectivity index (χ1) is 53.5. The largest absolute Gasteiger partial charge is 0.498 e. The maximum Gasteiger partial charge on any atom is 0.498 e. The van der Waals surface area contributed by atoms with Gasteiger partial charge in [-0.05, 0) is 223 Å². The van der Waals surface area contributed by atoms with Crippen LogP contribution in [-0.2, 0) is 38.3 Å². The second-order valence-corrected chi connectivity index (χ2v) is 36.1. The molecule has 0 bridgehead atoms. The Kier molecular flexibility index (Phi) is 25.4. The fourth-order valence-electron chi connectivity index (χ4n) is 15.0. The Hall–Kier alpha value is -8.86. The van der Waals surface area contributed by atoms with Crippen molar-refractivity contribution in [1.82, 2.24) is 78.1 Å². The number of halogens is 2. The lowest BCUT2D eigenvalue weighted by molar-refractivity contribution is 0.00578. The minimum Gasteiger partial charge on any atom is -0.399 e. The van der Waals surface area contributed by atoms with Gasteiger partial charge in [0.1, 0.15) is 10.1 Å². The number of hydrogen-bond acceptors (Lipinski definition) is 20. The average Bonchev–Trinajstić information content (AvgIpc) is 1.61. The number of fused-ring (bicyclic) bond motifs is 3. The molecule has 26 nitrogen and oxygen atoms in total. The smallest absolute Gasteiger partial charge is 0.399 e. The van der Waals surface area contributed by atoms with Crippen LogP contribution >= 0.6 is 31.9 Å². The van der Waals surface area contributed by atoms with Crippen LogP contribution in [-0.4, -0.2) is 147 Å². The number of nitriles is 3. The fraction of sp³-hybridized carbons (Fsp3) is 0.506.